The van der Waals surface area contributed by atoms with Gasteiger partial charge in [0, 0.05) is 32.6 Å². The molecule has 2 amide bonds. The van der Waals surface area contributed by atoms with Crippen molar-refractivity contribution in [2.75, 3.05) is 26.0 Å². The van der Waals surface area contributed by atoms with Crippen molar-refractivity contribution in [1.82, 2.24) is 25.4 Å². The van der Waals surface area contributed by atoms with Crippen molar-refractivity contribution in [3.05, 3.63) is 35.1 Å². The van der Waals surface area contributed by atoms with Gasteiger partial charge in [-0.3, -0.25) is 4.98 Å². The number of urea groups is 1. The second kappa shape index (κ2) is 8.39. The fourth-order valence-corrected chi connectivity index (χ4v) is 2.54. The van der Waals surface area contributed by atoms with Crippen molar-refractivity contribution in [3.63, 3.8) is 0 Å². The normalized spacial score (nSPS) is 11.9. The number of hydrogen-bond donors (Lipinski definition) is 2. The van der Waals surface area contributed by atoms with Crippen LogP contribution < -0.4 is 11.1 Å². The van der Waals surface area contributed by atoms with Crippen molar-refractivity contribution in [2.24, 2.45) is 0 Å². The number of nitrogens with two attached hydrogens (primary N) is 1. The van der Waals surface area contributed by atoms with Crippen molar-refractivity contribution in [1.29, 1.82) is 0 Å². The topological polar surface area (TPSA) is 106 Å². The first kappa shape index (κ1) is 17.1. The molecule has 0 fully saturated rings. The summed E-state index contributed by atoms with van der Waals surface area (Å²) in [6.45, 7) is 3.26. The maximum atomic E-state index is 12.5. The fourth-order valence-electron chi connectivity index (χ4n) is 1.92. The smallest absolute Gasteiger partial charge is 0.318 e. The van der Waals surface area contributed by atoms with Gasteiger partial charge in [0.2, 0.25) is 5.13 Å². The van der Waals surface area contributed by atoms with Crippen LogP contribution in [0.4, 0.5) is 9.93 Å². The molecule has 0 spiro atoms. The van der Waals surface area contributed by atoms with E-state index in [9.17, 15) is 4.79 Å². The van der Waals surface area contributed by atoms with E-state index in [2.05, 4.69) is 20.5 Å². The molecule has 124 valence electrons. The molecule has 8 nitrogen and oxygen atoms in total. The summed E-state index contributed by atoms with van der Waals surface area (Å²) in [6, 6.07) is 3.30. The van der Waals surface area contributed by atoms with Gasteiger partial charge >= 0.3 is 6.03 Å². The van der Waals surface area contributed by atoms with Crippen LogP contribution in [0, 0.1) is 0 Å². The Morgan fingerprint density at radius 3 is 2.78 bits per heavy atom. The Hall–Kier alpha value is -2.26. The van der Waals surface area contributed by atoms with Crippen molar-refractivity contribution < 1.29 is 9.53 Å². The summed E-state index contributed by atoms with van der Waals surface area (Å²) in [4.78, 5) is 18.2. The van der Waals surface area contributed by atoms with Crippen LogP contribution in [0.15, 0.2) is 24.5 Å². The van der Waals surface area contributed by atoms with Crippen LogP contribution in [0.3, 0.4) is 0 Å². The van der Waals surface area contributed by atoms with Gasteiger partial charge < -0.3 is 20.7 Å². The molecule has 2 aromatic heterocycles. The number of anilines is 1. The van der Waals surface area contributed by atoms with E-state index in [-0.39, 0.29) is 12.1 Å². The quantitative estimate of drug-likeness (QED) is 0.792. The number of ether oxygens (including phenoxy) is 1. The van der Waals surface area contributed by atoms with Gasteiger partial charge in [0.05, 0.1) is 12.6 Å². The molecular formula is C14H20N6O2S. The average Bonchev–Trinajstić information content (AvgIpc) is 2.99. The molecule has 3 N–H and O–H groups in total. The Balaban J connectivity index is 2.00. The molecule has 0 aliphatic rings. The van der Waals surface area contributed by atoms with Crippen molar-refractivity contribution in [2.45, 2.75) is 19.5 Å². The first-order valence-corrected chi connectivity index (χ1v) is 7.94. The van der Waals surface area contributed by atoms with Crippen LogP contribution in [-0.4, -0.2) is 46.4 Å². The molecule has 0 unspecified atom stereocenters. The molecule has 23 heavy (non-hydrogen) atoms. The lowest BCUT2D eigenvalue weighted by molar-refractivity contribution is 0.145. The predicted octanol–water partition coefficient (Wildman–Crippen LogP) is 1.43. The highest BCUT2D eigenvalue weighted by Crippen LogP contribution is 2.19. The van der Waals surface area contributed by atoms with Gasteiger partial charge in [-0.15, -0.1) is 10.2 Å². The van der Waals surface area contributed by atoms with E-state index in [1.165, 1.54) is 11.3 Å². The first-order chi connectivity index (χ1) is 11.1. The number of amides is 2. The number of pyridine rings is 1. The molecule has 2 aromatic rings. The van der Waals surface area contributed by atoms with E-state index >= 15 is 0 Å². The molecule has 9 heteroatoms. The highest BCUT2D eigenvalue weighted by Gasteiger charge is 2.19. The number of rotatable bonds is 7. The summed E-state index contributed by atoms with van der Waals surface area (Å²) in [5, 5.41) is 11.7. The average molecular weight is 336 g/mol. The zero-order valence-corrected chi connectivity index (χ0v) is 13.9. The van der Waals surface area contributed by atoms with Crippen LogP contribution in [0.25, 0.3) is 0 Å². The Bertz CT molecular complexity index is 621. The highest BCUT2D eigenvalue weighted by molar-refractivity contribution is 7.15. The SMILES string of the molecule is COCCN(Cc1ccncc1)C(=O)N[C@@H](C)c1nnc(N)s1. The molecule has 0 bridgehead atoms. The summed E-state index contributed by atoms with van der Waals surface area (Å²) >= 11 is 1.26. The summed E-state index contributed by atoms with van der Waals surface area (Å²) in [7, 11) is 1.61. The Morgan fingerprint density at radius 1 is 1.43 bits per heavy atom. The largest absolute Gasteiger partial charge is 0.383 e. The molecule has 0 radical (unpaired) electrons. The minimum Gasteiger partial charge on any atom is -0.383 e. The highest BCUT2D eigenvalue weighted by atomic mass is 32.1. The second-order valence-corrected chi connectivity index (χ2v) is 5.96. The third kappa shape index (κ3) is 5.15. The van der Waals surface area contributed by atoms with Gasteiger partial charge in [0.1, 0.15) is 5.01 Å². The maximum absolute atomic E-state index is 12.5. The number of carbonyl (C=O) groups excluding carboxylic acids is 1. The van der Waals surface area contributed by atoms with E-state index in [1.54, 1.807) is 24.4 Å². The van der Waals surface area contributed by atoms with Crippen LogP contribution in [-0.2, 0) is 11.3 Å². The van der Waals surface area contributed by atoms with E-state index in [1.807, 2.05) is 19.1 Å². The third-order valence-electron chi connectivity index (χ3n) is 3.14. The Morgan fingerprint density at radius 2 is 2.17 bits per heavy atom. The zero-order valence-electron chi connectivity index (χ0n) is 13.1. The standard InChI is InChI=1S/C14H20N6O2S/c1-10(12-18-19-13(15)23-12)17-14(21)20(7-8-22-2)9-11-3-5-16-6-4-11/h3-6,10H,7-9H2,1-2H3,(H2,15,19)(H,17,21)/t10-/m0/s1. The monoisotopic (exact) mass is 336 g/mol. The molecule has 0 saturated heterocycles. The van der Waals surface area contributed by atoms with Crippen LogP contribution in [0.1, 0.15) is 23.5 Å². The summed E-state index contributed by atoms with van der Waals surface area (Å²) in [5.74, 6) is 0. The van der Waals surface area contributed by atoms with Gasteiger partial charge in [0.25, 0.3) is 0 Å². The molecule has 1 atom stereocenters. The number of methoxy groups -OCH3 is 1. The molecule has 0 aromatic carbocycles. The number of nitrogens with one attached hydrogen (secondary N) is 1. The van der Waals surface area contributed by atoms with Crippen LogP contribution in [0.5, 0.6) is 0 Å². The minimum atomic E-state index is -0.264. The fraction of sp³-hybridized carbons (Fsp3) is 0.429. The number of aromatic nitrogens is 3. The Labute approximate surface area is 138 Å². The van der Waals surface area contributed by atoms with Gasteiger partial charge in [-0.25, -0.2) is 4.79 Å². The van der Waals surface area contributed by atoms with Crippen molar-refractivity contribution >= 4 is 22.5 Å². The van der Waals surface area contributed by atoms with E-state index < -0.39 is 0 Å². The number of nitrogen functional groups attached to an aromatic ring is 1. The first-order valence-electron chi connectivity index (χ1n) is 7.12. The van der Waals surface area contributed by atoms with Gasteiger partial charge in [-0.1, -0.05) is 11.3 Å². The van der Waals surface area contributed by atoms with Gasteiger partial charge in [0.15, 0.2) is 0 Å². The van der Waals surface area contributed by atoms with E-state index in [0.29, 0.717) is 29.8 Å². The molecule has 2 heterocycles. The minimum absolute atomic E-state index is 0.194. The van der Waals surface area contributed by atoms with Crippen LogP contribution >= 0.6 is 11.3 Å². The van der Waals surface area contributed by atoms with Gasteiger partial charge in [-0.2, -0.15) is 0 Å². The number of hydrogen-bond acceptors (Lipinski definition) is 7. The summed E-state index contributed by atoms with van der Waals surface area (Å²) in [6.07, 6.45) is 3.41. The second-order valence-electron chi connectivity index (χ2n) is 4.92. The molecule has 2 rings (SSSR count). The van der Waals surface area contributed by atoms with Crippen molar-refractivity contribution in [3.8, 4) is 0 Å². The lowest BCUT2D eigenvalue weighted by Gasteiger charge is -2.24. The third-order valence-corrected chi connectivity index (χ3v) is 4.08. The Kier molecular flexibility index (Phi) is 6.24. The van der Waals surface area contributed by atoms with Crippen LogP contribution in [0.2, 0.25) is 0 Å². The van der Waals surface area contributed by atoms with Gasteiger partial charge in [-0.05, 0) is 24.6 Å². The lowest BCUT2D eigenvalue weighted by atomic mass is 10.2. The number of nitrogens with zero attached hydrogens (tertiary/aromatic N) is 4. The number of carbonyl (C=O) groups is 1. The summed E-state index contributed by atoms with van der Waals surface area (Å²) in [5.41, 5.74) is 6.57. The molecule has 0 saturated carbocycles. The maximum Gasteiger partial charge on any atom is 0.318 e. The predicted molar refractivity (Wildman–Crippen MR) is 87.8 cm³/mol. The summed E-state index contributed by atoms with van der Waals surface area (Å²) < 4.78 is 5.08. The molecule has 0 aliphatic heterocycles. The zero-order chi connectivity index (χ0) is 16.7. The lowest BCUT2D eigenvalue weighted by Crippen LogP contribution is -2.42. The van der Waals surface area contributed by atoms with E-state index in [4.69, 9.17) is 10.5 Å². The van der Waals surface area contributed by atoms with E-state index in [0.717, 1.165) is 5.56 Å². The molecule has 0 aliphatic carbocycles. The molecular weight excluding hydrogens is 316 g/mol.